The Morgan fingerprint density at radius 3 is 2.62 bits per heavy atom. The first-order chi connectivity index (χ1) is 7.70. The third kappa shape index (κ3) is 2.44. The maximum absolute atomic E-state index is 5.70. The Bertz CT molecular complexity index is 337. The largest absolute Gasteiger partial charge is 0.330 e. The van der Waals surface area contributed by atoms with E-state index in [0.717, 1.165) is 19.0 Å². The van der Waals surface area contributed by atoms with Crippen LogP contribution in [0.2, 0.25) is 0 Å². The Labute approximate surface area is 97.4 Å². The molecule has 2 heterocycles. The summed E-state index contributed by atoms with van der Waals surface area (Å²) in [6.07, 6.45) is 4.48. The minimum Gasteiger partial charge on any atom is -0.330 e. The lowest BCUT2D eigenvalue weighted by Gasteiger charge is -2.31. The van der Waals surface area contributed by atoms with E-state index in [1.807, 2.05) is 17.9 Å². The molecule has 1 fully saturated rings. The second-order valence-corrected chi connectivity index (χ2v) is 4.83. The Morgan fingerprint density at radius 2 is 2.12 bits per heavy atom. The van der Waals surface area contributed by atoms with Crippen molar-refractivity contribution in [2.24, 2.45) is 18.7 Å². The van der Waals surface area contributed by atoms with Gasteiger partial charge in [0, 0.05) is 24.8 Å². The topological polar surface area (TPSA) is 47.1 Å². The van der Waals surface area contributed by atoms with Crippen LogP contribution in [0.1, 0.15) is 24.1 Å². The molecule has 2 N–H and O–H groups in total. The number of hydrogen-bond donors (Lipinski definition) is 1. The van der Waals surface area contributed by atoms with Crippen LogP contribution in [0.5, 0.6) is 0 Å². The first-order valence-electron chi connectivity index (χ1n) is 6.10. The molecule has 1 aromatic heterocycles. The minimum atomic E-state index is 0.742. The highest BCUT2D eigenvalue weighted by Gasteiger charge is 2.18. The SMILES string of the molecule is Cc1c(CN2CCC(CN)CC2)cnn1C. The molecular weight excluding hydrogens is 200 g/mol. The van der Waals surface area contributed by atoms with Crippen LogP contribution in [0.3, 0.4) is 0 Å². The molecule has 1 aliphatic rings. The molecule has 0 radical (unpaired) electrons. The van der Waals surface area contributed by atoms with Crippen molar-refractivity contribution in [2.45, 2.75) is 26.3 Å². The van der Waals surface area contributed by atoms with Gasteiger partial charge < -0.3 is 5.73 Å². The smallest absolute Gasteiger partial charge is 0.0537 e. The third-order valence-electron chi connectivity index (χ3n) is 3.77. The second-order valence-electron chi connectivity index (χ2n) is 4.83. The maximum atomic E-state index is 5.70. The number of aromatic nitrogens is 2. The van der Waals surface area contributed by atoms with Crippen molar-refractivity contribution in [2.75, 3.05) is 19.6 Å². The average Bonchev–Trinajstić information content (AvgIpc) is 2.62. The molecule has 2 rings (SSSR count). The lowest BCUT2D eigenvalue weighted by Crippen LogP contribution is -2.35. The highest BCUT2D eigenvalue weighted by Crippen LogP contribution is 2.18. The van der Waals surface area contributed by atoms with Gasteiger partial charge in [-0.1, -0.05) is 0 Å². The molecule has 0 bridgehead atoms. The van der Waals surface area contributed by atoms with Gasteiger partial charge in [0.05, 0.1) is 6.20 Å². The minimum absolute atomic E-state index is 0.742. The number of aryl methyl sites for hydroxylation is 1. The number of nitrogens with two attached hydrogens (primary N) is 1. The van der Waals surface area contributed by atoms with Gasteiger partial charge in [0.25, 0.3) is 0 Å². The fourth-order valence-corrected chi connectivity index (χ4v) is 2.32. The van der Waals surface area contributed by atoms with Crippen LogP contribution in [0.4, 0.5) is 0 Å². The van der Waals surface area contributed by atoms with E-state index >= 15 is 0 Å². The molecule has 0 amide bonds. The summed E-state index contributed by atoms with van der Waals surface area (Å²) in [6.45, 7) is 6.37. The molecule has 1 aromatic rings. The molecule has 16 heavy (non-hydrogen) atoms. The van der Waals surface area contributed by atoms with Gasteiger partial charge in [-0.15, -0.1) is 0 Å². The van der Waals surface area contributed by atoms with Crippen molar-refractivity contribution in [3.8, 4) is 0 Å². The first-order valence-corrected chi connectivity index (χ1v) is 6.10. The first kappa shape index (κ1) is 11.6. The zero-order valence-electron chi connectivity index (χ0n) is 10.3. The van der Waals surface area contributed by atoms with E-state index in [4.69, 9.17) is 5.73 Å². The highest BCUT2D eigenvalue weighted by atomic mass is 15.3. The normalized spacial score (nSPS) is 19.2. The number of rotatable bonds is 3. The molecule has 0 unspecified atom stereocenters. The number of nitrogens with zero attached hydrogens (tertiary/aromatic N) is 3. The van der Waals surface area contributed by atoms with Crippen molar-refractivity contribution < 1.29 is 0 Å². The lowest BCUT2D eigenvalue weighted by atomic mass is 9.97. The molecule has 0 saturated carbocycles. The van der Waals surface area contributed by atoms with Crippen molar-refractivity contribution in [3.05, 3.63) is 17.5 Å². The van der Waals surface area contributed by atoms with Crippen molar-refractivity contribution in [3.63, 3.8) is 0 Å². The van der Waals surface area contributed by atoms with E-state index in [2.05, 4.69) is 16.9 Å². The quantitative estimate of drug-likeness (QED) is 0.826. The fraction of sp³-hybridized carbons (Fsp3) is 0.750. The van der Waals surface area contributed by atoms with Crippen LogP contribution in [-0.4, -0.2) is 34.3 Å². The summed E-state index contributed by atoms with van der Waals surface area (Å²) in [5.74, 6) is 0.742. The summed E-state index contributed by atoms with van der Waals surface area (Å²) in [6, 6.07) is 0. The van der Waals surface area contributed by atoms with Gasteiger partial charge >= 0.3 is 0 Å². The van der Waals surface area contributed by atoms with Gasteiger partial charge in [-0.3, -0.25) is 9.58 Å². The summed E-state index contributed by atoms with van der Waals surface area (Å²) in [5.41, 5.74) is 8.33. The standard InChI is InChI=1S/C12H22N4/c1-10-12(8-14-15(10)2)9-16-5-3-11(7-13)4-6-16/h8,11H,3-7,9,13H2,1-2H3. The number of likely N-dealkylation sites (tertiary alicyclic amines) is 1. The van der Waals surface area contributed by atoms with Crippen molar-refractivity contribution in [1.82, 2.24) is 14.7 Å². The molecule has 0 aliphatic carbocycles. The maximum Gasteiger partial charge on any atom is 0.0537 e. The van der Waals surface area contributed by atoms with E-state index in [9.17, 15) is 0 Å². The Morgan fingerprint density at radius 1 is 1.44 bits per heavy atom. The summed E-state index contributed by atoms with van der Waals surface area (Å²) >= 11 is 0. The molecule has 1 aliphatic heterocycles. The van der Waals surface area contributed by atoms with Crippen LogP contribution in [0.15, 0.2) is 6.20 Å². The van der Waals surface area contributed by atoms with Gasteiger partial charge in [-0.05, 0) is 45.3 Å². The zero-order chi connectivity index (χ0) is 11.5. The molecule has 1 saturated heterocycles. The highest BCUT2D eigenvalue weighted by molar-refractivity contribution is 5.15. The second kappa shape index (κ2) is 4.97. The predicted molar refractivity (Wildman–Crippen MR) is 65.0 cm³/mol. The van der Waals surface area contributed by atoms with E-state index in [1.165, 1.54) is 37.2 Å². The fourth-order valence-electron chi connectivity index (χ4n) is 2.32. The van der Waals surface area contributed by atoms with E-state index in [-0.39, 0.29) is 0 Å². The van der Waals surface area contributed by atoms with Crippen LogP contribution < -0.4 is 5.73 Å². The van der Waals surface area contributed by atoms with E-state index < -0.39 is 0 Å². The van der Waals surface area contributed by atoms with Gasteiger partial charge in [0.15, 0.2) is 0 Å². The van der Waals surface area contributed by atoms with Gasteiger partial charge in [-0.2, -0.15) is 5.10 Å². The van der Waals surface area contributed by atoms with Crippen LogP contribution >= 0.6 is 0 Å². The van der Waals surface area contributed by atoms with Crippen LogP contribution in [0.25, 0.3) is 0 Å². The monoisotopic (exact) mass is 222 g/mol. The Kier molecular flexibility index (Phi) is 3.61. The number of hydrogen-bond acceptors (Lipinski definition) is 3. The Balaban J connectivity index is 1.89. The van der Waals surface area contributed by atoms with Gasteiger partial charge in [-0.25, -0.2) is 0 Å². The summed E-state index contributed by atoms with van der Waals surface area (Å²) in [5, 5.41) is 4.28. The number of piperidine rings is 1. The molecule has 4 nitrogen and oxygen atoms in total. The molecular formula is C12H22N4. The third-order valence-corrected chi connectivity index (χ3v) is 3.77. The zero-order valence-corrected chi connectivity index (χ0v) is 10.3. The van der Waals surface area contributed by atoms with Gasteiger partial charge in [0.2, 0.25) is 0 Å². The van der Waals surface area contributed by atoms with E-state index in [1.54, 1.807) is 0 Å². The molecule has 4 heteroatoms. The summed E-state index contributed by atoms with van der Waals surface area (Å²) < 4.78 is 1.95. The summed E-state index contributed by atoms with van der Waals surface area (Å²) in [7, 11) is 2.00. The summed E-state index contributed by atoms with van der Waals surface area (Å²) in [4.78, 5) is 2.51. The molecule has 0 atom stereocenters. The van der Waals surface area contributed by atoms with Gasteiger partial charge in [0.1, 0.15) is 0 Å². The van der Waals surface area contributed by atoms with Crippen molar-refractivity contribution in [1.29, 1.82) is 0 Å². The molecule has 0 spiro atoms. The van der Waals surface area contributed by atoms with Crippen LogP contribution in [-0.2, 0) is 13.6 Å². The predicted octanol–water partition coefficient (Wildman–Crippen LogP) is 0.899. The molecule has 90 valence electrons. The lowest BCUT2D eigenvalue weighted by molar-refractivity contribution is 0.180. The van der Waals surface area contributed by atoms with Crippen LogP contribution in [0, 0.1) is 12.8 Å². The van der Waals surface area contributed by atoms with E-state index in [0.29, 0.717) is 0 Å². The average molecular weight is 222 g/mol. The molecule has 0 aromatic carbocycles. The Hall–Kier alpha value is -0.870. The van der Waals surface area contributed by atoms with Crippen molar-refractivity contribution >= 4 is 0 Å².